The Balaban J connectivity index is 4.00. The van der Waals surface area contributed by atoms with E-state index in [1.807, 2.05) is 19.1 Å². The fourth-order valence-electron chi connectivity index (χ4n) is 1.20. The molecule has 0 atom stereocenters. The molecule has 0 radical (unpaired) electrons. The second-order valence-electron chi connectivity index (χ2n) is 3.36. The summed E-state index contributed by atoms with van der Waals surface area (Å²) in [5, 5.41) is 2.84. The van der Waals surface area contributed by atoms with Gasteiger partial charge in [0, 0.05) is 12.1 Å². The van der Waals surface area contributed by atoms with Gasteiger partial charge in [-0.25, -0.2) is 0 Å². The fraction of sp³-hybridized carbons (Fsp3) is 0.462. The second-order valence-corrected chi connectivity index (χ2v) is 3.36. The Morgan fingerprint density at radius 1 is 1.40 bits per heavy atom. The van der Waals surface area contributed by atoms with Crippen molar-refractivity contribution in [3.63, 3.8) is 0 Å². The summed E-state index contributed by atoms with van der Waals surface area (Å²) >= 11 is 0. The zero-order chi connectivity index (χ0) is 11.5. The first-order valence-corrected chi connectivity index (χ1v) is 5.49. The van der Waals surface area contributed by atoms with E-state index >= 15 is 0 Å². The van der Waals surface area contributed by atoms with Gasteiger partial charge in [-0.2, -0.15) is 0 Å². The van der Waals surface area contributed by atoms with Crippen molar-refractivity contribution in [3.05, 3.63) is 36.6 Å². The Labute approximate surface area is 92.8 Å². The van der Waals surface area contributed by atoms with Crippen LogP contribution in [-0.4, -0.2) is 5.91 Å². The number of carbonyl (C=O) groups is 1. The molecule has 0 aliphatic heterocycles. The minimum atomic E-state index is 0.0784. The van der Waals surface area contributed by atoms with Crippen molar-refractivity contribution < 1.29 is 4.79 Å². The topological polar surface area (TPSA) is 29.1 Å². The first kappa shape index (κ1) is 13.7. The molecule has 1 N–H and O–H groups in total. The van der Waals surface area contributed by atoms with Crippen LogP contribution in [0.4, 0.5) is 0 Å². The molecule has 0 unspecified atom stereocenters. The minimum absolute atomic E-state index is 0.0784. The lowest BCUT2D eigenvalue weighted by Crippen LogP contribution is -2.21. The Morgan fingerprint density at radius 2 is 2.13 bits per heavy atom. The van der Waals surface area contributed by atoms with Crippen LogP contribution < -0.4 is 5.32 Å². The van der Waals surface area contributed by atoms with Crippen LogP contribution in [0.1, 0.15) is 39.5 Å². The number of unbranched alkanes of at least 4 members (excludes halogenated alkanes) is 2. The number of rotatable bonds is 7. The number of carbonyl (C=O) groups excluding carboxylic acids is 1. The maximum Gasteiger partial charge on any atom is 0.224 e. The summed E-state index contributed by atoms with van der Waals surface area (Å²) in [7, 11) is 0. The summed E-state index contributed by atoms with van der Waals surface area (Å²) in [6, 6.07) is 0. The zero-order valence-corrected chi connectivity index (χ0v) is 9.75. The molecule has 0 heterocycles. The highest BCUT2D eigenvalue weighted by Gasteiger charge is 2.00. The van der Waals surface area contributed by atoms with Gasteiger partial charge in [0.1, 0.15) is 0 Å². The minimum Gasteiger partial charge on any atom is -0.326 e. The summed E-state index contributed by atoms with van der Waals surface area (Å²) in [6.45, 7) is 7.65. The van der Waals surface area contributed by atoms with E-state index in [0.717, 1.165) is 25.0 Å². The van der Waals surface area contributed by atoms with Crippen LogP contribution in [0.25, 0.3) is 0 Å². The average molecular weight is 207 g/mol. The molecule has 84 valence electrons. The molecule has 0 aromatic heterocycles. The molecule has 0 aromatic carbocycles. The lowest BCUT2D eigenvalue weighted by Gasteiger charge is -2.04. The van der Waals surface area contributed by atoms with Crippen LogP contribution in [0.5, 0.6) is 0 Å². The van der Waals surface area contributed by atoms with Crippen molar-refractivity contribution in [1.29, 1.82) is 0 Å². The predicted octanol–water partition coefficient (Wildman–Crippen LogP) is 3.33. The third-order valence-electron chi connectivity index (χ3n) is 1.93. The standard InChI is InChI=1S/C13H21NO/c1-4-7-8-11-13(15)14-12(9-5-2)10-6-3/h5-6,9-10H,2,4,7-8,11H2,1,3H3,(H,14,15)/b10-6-,12-9+. The SMILES string of the molecule is C=C/C=C(\C=C/C)NC(=O)CCCCC. The third-order valence-corrected chi connectivity index (χ3v) is 1.93. The molecule has 1 amide bonds. The lowest BCUT2D eigenvalue weighted by molar-refractivity contribution is -0.120. The van der Waals surface area contributed by atoms with Crippen LogP contribution in [-0.2, 0) is 4.79 Å². The van der Waals surface area contributed by atoms with Gasteiger partial charge in [0.2, 0.25) is 5.91 Å². The summed E-state index contributed by atoms with van der Waals surface area (Å²) < 4.78 is 0. The molecule has 2 nitrogen and oxygen atoms in total. The van der Waals surface area contributed by atoms with Gasteiger partial charge in [-0.1, -0.05) is 38.5 Å². The normalized spacial score (nSPS) is 11.7. The Hall–Kier alpha value is -1.31. The Morgan fingerprint density at radius 3 is 2.67 bits per heavy atom. The van der Waals surface area contributed by atoms with Gasteiger partial charge in [0.25, 0.3) is 0 Å². The largest absolute Gasteiger partial charge is 0.326 e. The average Bonchev–Trinajstić information content (AvgIpc) is 2.19. The molecule has 2 heteroatoms. The molecule has 0 bridgehead atoms. The van der Waals surface area contributed by atoms with Crippen LogP contribution in [0, 0.1) is 0 Å². The van der Waals surface area contributed by atoms with E-state index in [2.05, 4.69) is 18.8 Å². The van der Waals surface area contributed by atoms with Gasteiger partial charge in [-0.15, -0.1) is 0 Å². The first-order chi connectivity index (χ1) is 7.24. The molecular formula is C13H21NO. The maximum atomic E-state index is 11.5. The molecule has 0 aromatic rings. The molecule has 0 fully saturated rings. The van der Waals surface area contributed by atoms with E-state index in [1.165, 1.54) is 0 Å². The number of allylic oxidation sites excluding steroid dienone is 4. The summed E-state index contributed by atoms with van der Waals surface area (Å²) in [5.74, 6) is 0.0784. The quantitative estimate of drug-likeness (QED) is 0.503. The smallest absolute Gasteiger partial charge is 0.224 e. The Bertz CT molecular complexity index is 251. The Kier molecular flexibility index (Phi) is 8.44. The van der Waals surface area contributed by atoms with Crippen molar-refractivity contribution >= 4 is 5.91 Å². The number of amides is 1. The van der Waals surface area contributed by atoms with Gasteiger partial charge in [0.15, 0.2) is 0 Å². The van der Waals surface area contributed by atoms with E-state index in [-0.39, 0.29) is 5.91 Å². The van der Waals surface area contributed by atoms with E-state index in [9.17, 15) is 4.79 Å². The van der Waals surface area contributed by atoms with Crippen molar-refractivity contribution in [3.8, 4) is 0 Å². The van der Waals surface area contributed by atoms with Crippen molar-refractivity contribution in [2.45, 2.75) is 39.5 Å². The number of hydrogen-bond acceptors (Lipinski definition) is 1. The predicted molar refractivity (Wildman–Crippen MR) is 65.4 cm³/mol. The molecule has 0 aliphatic rings. The lowest BCUT2D eigenvalue weighted by atomic mass is 10.2. The monoisotopic (exact) mass is 207 g/mol. The zero-order valence-electron chi connectivity index (χ0n) is 9.75. The van der Waals surface area contributed by atoms with E-state index < -0.39 is 0 Å². The first-order valence-electron chi connectivity index (χ1n) is 5.49. The van der Waals surface area contributed by atoms with Crippen LogP contribution in [0.15, 0.2) is 36.6 Å². The van der Waals surface area contributed by atoms with E-state index in [0.29, 0.717) is 6.42 Å². The highest BCUT2D eigenvalue weighted by Crippen LogP contribution is 2.00. The molecule has 0 saturated carbocycles. The van der Waals surface area contributed by atoms with Gasteiger partial charge >= 0.3 is 0 Å². The molecule has 0 spiro atoms. The van der Waals surface area contributed by atoms with Crippen molar-refractivity contribution in [2.24, 2.45) is 0 Å². The molecule has 0 saturated heterocycles. The molecule has 0 aliphatic carbocycles. The van der Waals surface area contributed by atoms with Gasteiger partial charge < -0.3 is 5.32 Å². The molecule has 15 heavy (non-hydrogen) atoms. The van der Waals surface area contributed by atoms with Gasteiger partial charge in [-0.05, 0) is 25.5 Å². The van der Waals surface area contributed by atoms with Crippen LogP contribution in [0.3, 0.4) is 0 Å². The van der Waals surface area contributed by atoms with E-state index in [4.69, 9.17) is 0 Å². The van der Waals surface area contributed by atoms with E-state index in [1.54, 1.807) is 12.2 Å². The highest BCUT2D eigenvalue weighted by molar-refractivity contribution is 5.78. The summed E-state index contributed by atoms with van der Waals surface area (Å²) in [5.41, 5.74) is 0.800. The van der Waals surface area contributed by atoms with Gasteiger partial charge in [0.05, 0.1) is 0 Å². The third kappa shape index (κ3) is 7.74. The van der Waals surface area contributed by atoms with Crippen molar-refractivity contribution in [2.75, 3.05) is 0 Å². The number of hydrogen-bond donors (Lipinski definition) is 1. The highest BCUT2D eigenvalue weighted by atomic mass is 16.1. The fourth-order valence-corrected chi connectivity index (χ4v) is 1.20. The van der Waals surface area contributed by atoms with Crippen molar-refractivity contribution in [1.82, 2.24) is 5.32 Å². The summed E-state index contributed by atoms with van der Waals surface area (Å²) in [4.78, 5) is 11.5. The molecule has 0 rings (SSSR count). The maximum absolute atomic E-state index is 11.5. The van der Waals surface area contributed by atoms with Gasteiger partial charge in [-0.3, -0.25) is 4.79 Å². The summed E-state index contributed by atoms with van der Waals surface area (Å²) in [6.07, 6.45) is 11.0. The van der Waals surface area contributed by atoms with Crippen LogP contribution in [0.2, 0.25) is 0 Å². The second kappa shape index (κ2) is 9.25. The van der Waals surface area contributed by atoms with Crippen LogP contribution >= 0.6 is 0 Å². The number of nitrogens with one attached hydrogen (secondary N) is 1. The molecular weight excluding hydrogens is 186 g/mol.